The number of carbonyl (C=O) groups is 2. The SMILES string of the molecule is CCCCCCC1C(C(=O)O)=C(C)NC(C)=C1C(=O)O. The summed E-state index contributed by atoms with van der Waals surface area (Å²) >= 11 is 0. The van der Waals surface area contributed by atoms with Crippen LogP contribution in [0.1, 0.15) is 52.9 Å². The van der Waals surface area contributed by atoms with Gasteiger partial charge in [-0.15, -0.1) is 0 Å². The third kappa shape index (κ3) is 3.62. The Morgan fingerprint density at radius 3 is 1.90 bits per heavy atom. The van der Waals surface area contributed by atoms with Gasteiger partial charge in [-0.05, 0) is 20.3 Å². The molecule has 0 aromatic carbocycles. The smallest absolute Gasteiger partial charge is 0.333 e. The molecule has 1 heterocycles. The molecule has 0 radical (unpaired) electrons. The number of nitrogens with one attached hydrogen (secondary N) is 1. The second kappa shape index (κ2) is 7.12. The van der Waals surface area contributed by atoms with E-state index in [1.165, 1.54) is 0 Å². The molecule has 0 unspecified atom stereocenters. The number of hydrogen-bond donors (Lipinski definition) is 3. The predicted molar refractivity (Wildman–Crippen MR) is 76.1 cm³/mol. The van der Waals surface area contributed by atoms with Crippen LogP contribution in [0.5, 0.6) is 0 Å². The van der Waals surface area contributed by atoms with E-state index in [-0.39, 0.29) is 11.1 Å². The van der Waals surface area contributed by atoms with Crippen molar-refractivity contribution in [1.82, 2.24) is 5.32 Å². The van der Waals surface area contributed by atoms with E-state index < -0.39 is 17.9 Å². The lowest BCUT2D eigenvalue weighted by atomic mass is 9.82. The van der Waals surface area contributed by atoms with Crippen LogP contribution in [0.3, 0.4) is 0 Å². The van der Waals surface area contributed by atoms with Gasteiger partial charge in [-0.25, -0.2) is 9.59 Å². The zero-order chi connectivity index (χ0) is 15.3. The van der Waals surface area contributed by atoms with Crippen LogP contribution in [0, 0.1) is 5.92 Å². The molecule has 0 fully saturated rings. The lowest BCUT2D eigenvalue weighted by molar-refractivity contribution is -0.134. The number of rotatable bonds is 7. The van der Waals surface area contributed by atoms with Crippen LogP contribution in [-0.4, -0.2) is 22.2 Å². The maximum Gasteiger partial charge on any atom is 0.333 e. The number of hydrogen-bond acceptors (Lipinski definition) is 3. The Kier molecular flexibility index (Phi) is 5.80. The van der Waals surface area contributed by atoms with Gasteiger partial charge in [-0.1, -0.05) is 32.6 Å². The summed E-state index contributed by atoms with van der Waals surface area (Å²) in [7, 11) is 0. The number of allylic oxidation sites excluding steroid dienone is 2. The van der Waals surface area contributed by atoms with E-state index in [9.17, 15) is 19.8 Å². The van der Waals surface area contributed by atoms with Crippen LogP contribution in [0.15, 0.2) is 22.5 Å². The normalized spacial score (nSPS) is 16.4. The Balaban J connectivity index is 3.01. The molecular formula is C15H23NO4. The molecular weight excluding hydrogens is 258 g/mol. The van der Waals surface area contributed by atoms with E-state index in [1.54, 1.807) is 13.8 Å². The third-order valence-electron chi connectivity index (χ3n) is 3.69. The second-order valence-corrected chi connectivity index (χ2v) is 5.21. The molecule has 112 valence electrons. The van der Waals surface area contributed by atoms with E-state index in [0.717, 1.165) is 25.7 Å². The van der Waals surface area contributed by atoms with Crippen LogP contribution >= 0.6 is 0 Å². The van der Waals surface area contributed by atoms with Crippen molar-refractivity contribution in [2.24, 2.45) is 5.92 Å². The number of carboxylic acid groups (broad SMARTS) is 2. The van der Waals surface area contributed by atoms with Gasteiger partial charge in [0.05, 0.1) is 11.1 Å². The van der Waals surface area contributed by atoms with Crippen molar-refractivity contribution in [3.05, 3.63) is 22.5 Å². The number of carboxylic acids is 2. The maximum atomic E-state index is 11.4. The minimum atomic E-state index is -1.04. The van der Waals surface area contributed by atoms with Gasteiger partial charge in [0, 0.05) is 17.3 Å². The first-order chi connectivity index (χ1) is 9.40. The van der Waals surface area contributed by atoms with Gasteiger partial charge >= 0.3 is 11.9 Å². The van der Waals surface area contributed by atoms with Crippen molar-refractivity contribution in [1.29, 1.82) is 0 Å². The summed E-state index contributed by atoms with van der Waals surface area (Å²) in [6, 6.07) is 0. The number of aliphatic carboxylic acids is 2. The molecule has 1 aliphatic rings. The standard InChI is InChI=1S/C15H23NO4/c1-4-5-6-7-8-11-12(14(17)18)9(2)16-10(3)13(11)15(19)20/h11,16H,4-8H2,1-3H3,(H,17,18)(H,19,20). The second-order valence-electron chi connectivity index (χ2n) is 5.21. The maximum absolute atomic E-state index is 11.4. The summed E-state index contributed by atoms with van der Waals surface area (Å²) in [6.07, 6.45) is 4.58. The van der Waals surface area contributed by atoms with Gasteiger partial charge in [0.1, 0.15) is 0 Å². The number of unbranched alkanes of at least 4 members (excludes halogenated alkanes) is 3. The summed E-state index contributed by atoms with van der Waals surface area (Å²) in [4.78, 5) is 22.9. The van der Waals surface area contributed by atoms with Gasteiger partial charge in [0.15, 0.2) is 0 Å². The van der Waals surface area contributed by atoms with Crippen LogP contribution in [0.4, 0.5) is 0 Å². The Bertz CT molecular complexity index is 426. The lowest BCUT2D eigenvalue weighted by Gasteiger charge is -2.28. The molecule has 0 aliphatic carbocycles. The lowest BCUT2D eigenvalue weighted by Crippen LogP contribution is -2.32. The Morgan fingerprint density at radius 1 is 1.00 bits per heavy atom. The van der Waals surface area contributed by atoms with E-state index in [1.807, 2.05) is 0 Å². The summed E-state index contributed by atoms with van der Waals surface area (Å²) in [5.41, 5.74) is 1.45. The molecule has 0 aromatic heterocycles. The third-order valence-corrected chi connectivity index (χ3v) is 3.69. The van der Waals surface area contributed by atoms with Crippen LogP contribution in [0.25, 0.3) is 0 Å². The minimum Gasteiger partial charge on any atom is -0.478 e. The van der Waals surface area contributed by atoms with Crippen molar-refractivity contribution in [2.45, 2.75) is 52.9 Å². The monoisotopic (exact) mass is 281 g/mol. The molecule has 20 heavy (non-hydrogen) atoms. The molecule has 5 heteroatoms. The zero-order valence-electron chi connectivity index (χ0n) is 12.3. The molecule has 0 saturated carbocycles. The zero-order valence-corrected chi connectivity index (χ0v) is 12.3. The van der Waals surface area contributed by atoms with Gasteiger partial charge in [-0.3, -0.25) is 0 Å². The van der Waals surface area contributed by atoms with E-state index >= 15 is 0 Å². The molecule has 0 amide bonds. The molecule has 0 spiro atoms. The highest BCUT2D eigenvalue weighted by Crippen LogP contribution is 2.33. The minimum absolute atomic E-state index is 0.185. The Hall–Kier alpha value is -1.78. The summed E-state index contributed by atoms with van der Waals surface area (Å²) < 4.78 is 0. The molecule has 1 aliphatic heterocycles. The Labute approximate surface area is 119 Å². The predicted octanol–water partition coefficient (Wildman–Crippen LogP) is 2.89. The molecule has 0 saturated heterocycles. The van der Waals surface area contributed by atoms with Crippen molar-refractivity contribution in [3.63, 3.8) is 0 Å². The van der Waals surface area contributed by atoms with E-state index in [2.05, 4.69) is 12.2 Å². The molecule has 0 aromatic rings. The average Bonchev–Trinajstić information content (AvgIpc) is 2.32. The quantitative estimate of drug-likeness (QED) is 0.625. The van der Waals surface area contributed by atoms with E-state index in [0.29, 0.717) is 17.8 Å². The number of dihydropyridines is 1. The van der Waals surface area contributed by atoms with Gasteiger partial charge in [0.25, 0.3) is 0 Å². The largest absolute Gasteiger partial charge is 0.478 e. The summed E-state index contributed by atoms with van der Waals surface area (Å²) in [5.74, 6) is -2.61. The topological polar surface area (TPSA) is 86.6 Å². The Morgan fingerprint density at radius 2 is 1.50 bits per heavy atom. The van der Waals surface area contributed by atoms with Gasteiger partial charge in [0.2, 0.25) is 0 Å². The van der Waals surface area contributed by atoms with Crippen molar-refractivity contribution in [2.75, 3.05) is 0 Å². The molecule has 5 nitrogen and oxygen atoms in total. The average molecular weight is 281 g/mol. The highest BCUT2D eigenvalue weighted by atomic mass is 16.4. The van der Waals surface area contributed by atoms with Crippen molar-refractivity contribution in [3.8, 4) is 0 Å². The van der Waals surface area contributed by atoms with Crippen LogP contribution in [-0.2, 0) is 9.59 Å². The molecule has 3 N–H and O–H groups in total. The van der Waals surface area contributed by atoms with Crippen molar-refractivity contribution >= 4 is 11.9 Å². The van der Waals surface area contributed by atoms with Crippen LogP contribution in [0.2, 0.25) is 0 Å². The fourth-order valence-corrected chi connectivity index (χ4v) is 2.77. The first kappa shape index (κ1) is 16.3. The first-order valence-electron chi connectivity index (χ1n) is 7.05. The molecule has 1 rings (SSSR count). The fourth-order valence-electron chi connectivity index (χ4n) is 2.77. The van der Waals surface area contributed by atoms with Crippen LogP contribution < -0.4 is 5.32 Å². The highest BCUT2D eigenvalue weighted by Gasteiger charge is 2.34. The van der Waals surface area contributed by atoms with E-state index in [4.69, 9.17) is 0 Å². The summed E-state index contributed by atoms with van der Waals surface area (Å²) in [6.45, 7) is 5.47. The molecule has 0 atom stereocenters. The van der Waals surface area contributed by atoms with Gasteiger partial charge < -0.3 is 15.5 Å². The first-order valence-corrected chi connectivity index (χ1v) is 7.05. The summed E-state index contributed by atoms with van der Waals surface area (Å²) in [5, 5.41) is 21.6. The molecule has 0 bridgehead atoms. The van der Waals surface area contributed by atoms with Gasteiger partial charge in [-0.2, -0.15) is 0 Å². The van der Waals surface area contributed by atoms with Crippen molar-refractivity contribution < 1.29 is 19.8 Å². The fraction of sp³-hybridized carbons (Fsp3) is 0.600. The highest BCUT2D eigenvalue weighted by molar-refractivity contribution is 5.96.